The van der Waals surface area contributed by atoms with Crippen molar-refractivity contribution in [2.24, 2.45) is 19.8 Å². The monoisotopic (exact) mass is 694 g/mol. The topological polar surface area (TPSA) is 159 Å². The van der Waals surface area contributed by atoms with Crippen LogP contribution in [0, 0.1) is 6.92 Å². The number of nitrogens with two attached hydrogens (primary N) is 1. The Kier molecular flexibility index (Phi) is 9.71. The van der Waals surface area contributed by atoms with Gasteiger partial charge >= 0.3 is 0 Å². The number of aryl methyl sites for hydroxylation is 4. The summed E-state index contributed by atoms with van der Waals surface area (Å²) in [5.74, 6) is 1.43. The number of hydrogen-bond donors (Lipinski definition) is 3. The number of nitrogens with zero attached hydrogens (tertiary/aromatic N) is 11. The maximum atomic E-state index is 6.13. The van der Waals surface area contributed by atoms with Gasteiger partial charge in [0.15, 0.2) is 22.9 Å². The minimum Gasteiger partial charge on any atom is -0.337 e. The van der Waals surface area contributed by atoms with Gasteiger partial charge in [-0.3, -0.25) is 23.1 Å². The van der Waals surface area contributed by atoms with Gasteiger partial charge in [0.1, 0.15) is 0 Å². The van der Waals surface area contributed by atoms with E-state index in [1.165, 1.54) is 11.1 Å². The van der Waals surface area contributed by atoms with Gasteiger partial charge in [0.05, 0.1) is 36.2 Å². The first kappa shape index (κ1) is 34.1. The van der Waals surface area contributed by atoms with Crippen molar-refractivity contribution < 1.29 is 0 Å². The average Bonchev–Trinajstić information content (AvgIpc) is 3.96. The fourth-order valence-corrected chi connectivity index (χ4v) is 6.31. The Labute approximate surface area is 301 Å². The van der Waals surface area contributed by atoms with E-state index < -0.39 is 0 Å². The van der Waals surface area contributed by atoms with Crippen LogP contribution in [0.3, 0.4) is 0 Å². The quantitative estimate of drug-likeness (QED) is 0.181. The molecule has 1 aliphatic rings. The summed E-state index contributed by atoms with van der Waals surface area (Å²) in [7, 11) is 3.80. The fourth-order valence-electron chi connectivity index (χ4n) is 6.31. The molecular formula is C38H42N14. The molecule has 0 bridgehead atoms. The summed E-state index contributed by atoms with van der Waals surface area (Å²) in [6.07, 6.45) is 23.4. The number of benzene rings is 1. The minimum atomic E-state index is 0.253. The number of nitrogens with one attached hydrogen (secondary N) is 2. The molecule has 1 atom stereocenters. The SMILES string of the molecule is CC.Cc1cc(Nc2nccn3c(-c4cnn(C)c4)cnc23)ccn1.Cn1cc(-c2cnc3c(Nc4ccc5c(c4)CC(N)CC5)nccn23)cn1. The Hall–Kier alpha value is -6.41. The molecule has 7 heterocycles. The van der Waals surface area contributed by atoms with Crippen molar-refractivity contribution in [1.29, 1.82) is 0 Å². The third kappa shape index (κ3) is 7.09. The van der Waals surface area contributed by atoms with Crippen LogP contribution in [-0.2, 0) is 26.9 Å². The zero-order valence-corrected chi connectivity index (χ0v) is 29.9. The smallest absolute Gasteiger partial charge is 0.180 e. The highest BCUT2D eigenvalue weighted by atomic mass is 15.2. The third-order valence-corrected chi connectivity index (χ3v) is 8.75. The molecule has 14 nitrogen and oxygen atoms in total. The molecule has 4 N–H and O–H groups in total. The maximum absolute atomic E-state index is 6.13. The van der Waals surface area contributed by atoms with Crippen molar-refractivity contribution in [3.05, 3.63) is 115 Å². The molecule has 7 aromatic heterocycles. The van der Waals surface area contributed by atoms with Crippen molar-refractivity contribution in [3.63, 3.8) is 0 Å². The van der Waals surface area contributed by atoms with E-state index in [0.29, 0.717) is 5.82 Å². The zero-order valence-electron chi connectivity index (χ0n) is 29.9. The lowest BCUT2D eigenvalue weighted by atomic mass is 9.88. The van der Waals surface area contributed by atoms with Gasteiger partial charge in [-0.2, -0.15) is 10.2 Å². The number of anilines is 4. The molecule has 1 aromatic carbocycles. The molecule has 0 spiro atoms. The lowest BCUT2D eigenvalue weighted by Crippen LogP contribution is -2.27. The van der Waals surface area contributed by atoms with Crippen molar-refractivity contribution in [2.45, 2.75) is 46.1 Å². The number of rotatable bonds is 6. The van der Waals surface area contributed by atoms with Crippen LogP contribution < -0.4 is 16.4 Å². The van der Waals surface area contributed by atoms with E-state index in [9.17, 15) is 0 Å². The first-order chi connectivity index (χ1) is 25.4. The van der Waals surface area contributed by atoms with Crippen LogP contribution >= 0.6 is 0 Å². The second-order valence-electron chi connectivity index (χ2n) is 12.5. The zero-order chi connectivity index (χ0) is 36.2. The number of pyridine rings is 1. The molecule has 14 heteroatoms. The predicted molar refractivity (Wildman–Crippen MR) is 204 cm³/mol. The Balaban J connectivity index is 0.000000156. The van der Waals surface area contributed by atoms with E-state index in [1.54, 1.807) is 28.0 Å². The van der Waals surface area contributed by atoms with E-state index in [4.69, 9.17) is 5.73 Å². The Morgan fingerprint density at radius 2 is 1.25 bits per heavy atom. The highest BCUT2D eigenvalue weighted by molar-refractivity contribution is 5.75. The Morgan fingerprint density at radius 1 is 0.673 bits per heavy atom. The van der Waals surface area contributed by atoms with E-state index in [1.807, 2.05) is 105 Å². The normalized spacial score (nSPS) is 13.5. The molecule has 0 fully saturated rings. The van der Waals surface area contributed by atoms with Crippen molar-refractivity contribution in [2.75, 3.05) is 10.6 Å². The summed E-state index contributed by atoms with van der Waals surface area (Å²) in [4.78, 5) is 22.2. The molecule has 0 aliphatic heterocycles. The second kappa shape index (κ2) is 14.8. The van der Waals surface area contributed by atoms with E-state index >= 15 is 0 Å². The predicted octanol–water partition coefficient (Wildman–Crippen LogP) is 6.29. The van der Waals surface area contributed by atoms with Crippen LogP contribution in [0.4, 0.5) is 23.0 Å². The standard InChI is InChI=1S/C20H21N7.C16H15N7.C2H6/c1-26-12-15(10-24-26)18-11-23-20-19(22-6-7-27(18)20)25-17-5-3-13-2-4-16(21)8-14(13)9-17;1-11-7-13(3-4-17-11)21-15-16-19-9-14(23(16)6-5-18-15)12-8-20-22(2)10-12;1-2/h3,5-7,9-12,16H,2,4,8,21H2,1H3,(H,22,25);3-10H,1-2H3,(H,17,18,21);1-2H3. The average molecular weight is 695 g/mol. The van der Waals surface area contributed by atoms with Crippen LogP contribution in [0.1, 0.15) is 37.1 Å². The third-order valence-electron chi connectivity index (χ3n) is 8.75. The molecule has 0 radical (unpaired) electrons. The second-order valence-corrected chi connectivity index (χ2v) is 12.5. The van der Waals surface area contributed by atoms with Crippen LogP contribution in [0.2, 0.25) is 0 Å². The molecule has 0 saturated carbocycles. The molecule has 9 rings (SSSR count). The molecule has 1 unspecified atom stereocenters. The Bertz CT molecular complexity index is 2450. The van der Waals surface area contributed by atoms with Gasteiger partial charge < -0.3 is 16.4 Å². The van der Waals surface area contributed by atoms with Crippen LogP contribution in [0.25, 0.3) is 33.8 Å². The van der Waals surface area contributed by atoms with Gasteiger partial charge in [-0.1, -0.05) is 19.9 Å². The molecule has 52 heavy (non-hydrogen) atoms. The number of hydrogen-bond acceptors (Lipinski definition) is 10. The summed E-state index contributed by atoms with van der Waals surface area (Å²) >= 11 is 0. The molecule has 264 valence electrons. The number of aromatic nitrogens is 11. The van der Waals surface area contributed by atoms with Gasteiger partial charge in [-0.05, 0) is 61.6 Å². The van der Waals surface area contributed by atoms with Crippen molar-refractivity contribution >= 4 is 34.3 Å². The van der Waals surface area contributed by atoms with Crippen molar-refractivity contribution in [3.8, 4) is 22.5 Å². The molecule has 0 amide bonds. The van der Waals surface area contributed by atoms with Crippen LogP contribution in [0.15, 0.2) is 98.5 Å². The molecule has 0 saturated heterocycles. The largest absolute Gasteiger partial charge is 0.337 e. The van der Waals surface area contributed by atoms with Gasteiger partial charge in [0.25, 0.3) is 0 Å². The van der Waals surface area contributed by atoms with Gasteiger partial charge in [0.2, 0.25) is 0 Å². The summed E-state index contributed by atoms with van der Waals surface area (Å²) in [6.45, 7) is 5.95. The molecule has 8 aromatic rings. The van der Waals surface area contributed by atoms with E-state index in [2.05, 4.69) is 63.9 Å². The highest BCUT2D eigenvalue weighted by Crippen LogP contribution is 2.29. The first-order valence-corrected chi connectivity index (χ1v) is 17.3. The fraction of sp³-hybridized carbons (Fsp3) is 0.237. The lowest BCUT2D eigenvalue weighted by molar-refractivity contribution is 0.577. The van der Waals surface area contributed by atoms with Gasteiger partial charge in [-0.15, -0.1) is 0 Å². The number of fused-ring (bicyclic) bond motifs is 3. The summed E-state index contributed by atoms with van der Waals surface area (Å²) in [5, 5.41) is 15.2. The van der Waals surface area contributed by atoms with Crippen LogP contribution in [0.5, 0.6) is 0 Å². The van der Waals surface area contributed by atoms with Gasteiger partial charge in [-0.25, -0.2) is 19.9 Å². The maximum Gasteiger partial charge on any atom is 0.180 e. The minimum absolute atomic E-state index is 0.253. The molecular weight excluding hydrogens is 653 g/mol. The van der Waals surface area contributed by atoms with E-state index in [-0.39, 0.29) is 6.04 Å². The highest BCUT2D eigenvalue weighted by Gasteiger charge is 2.17. The number of imidazole rings is 2. The van der Waals surface area contributed by atoms with Gasteiger partial charge in [0, 0.05) is 91.7 Å². The van der Waals surface area contributed by atoms with Crippen molar-refractivity contribution in [1.82, 2.24) is 53.3 Å². The van der Waals surface area contributed by atoms with Crippen LogP contribution in [-0.4, -0.2) is 59.3 Å². The summed E-state index contributed by atoms with van der Waals surface area (Å²) in [6, 6.07) is 10.6. The lowest BCUT2D eigenvalue weighted by Gasteiger charge is -2.22. The summed E-state index contributed by atoms with van der Waals surface area (Å²) < 4.78 is 7.59. The van der Waals surface area contributed by atoms with E-state index in [0.717, 1.165) is 76.0 Å². The Morgan fingerprint density at radius 3 is 1.79 bits per heavy atom. The summed E-state index contributed by atoms with van der Waals surface area (Å²) in [5.41, 5.74) is 17.3. The first-order valence-electron chi connectivity index (χ1n) is 17.3. The molecule has 1 aliphatic carbocycles.